The highest BCUT2D eigenvalue weighted by Gasteiger charge is 2.46. The van der Waals surface area contributed by atoms with Crippen LogP contribution in [0.3, 0.4) is 0 Å². The number of hydrogen-bond acceptors (Lipinski definition) is 6. The van der Waals surface area contributed by atoms with E-state index in [0.29, 0.717) is 11.4 Å². The van der Waals surface area contributed by atoms with E-state index in [1.807, 2.05) is 60.7 Å². The lowest BCUT2D eigenvalue weighted by molar-refractivity contribution is -0.121. The third-order valence-corrected chi connectivity index (χ3v) is 7.75. The largest absolute Gasteiger partial charge is 0.457 e. The van der Waals surface area contributed by atoms with E-state index in [1.54, 1.807) is 11.1 Å². The number of para-hydroxylation sites is 1. The number of pyridine rings is 1. The van der Waals surface area contributed by atoms with E-state index in [4.69, 9.17) is 4.74 Å². The molecule has 3 aliphatic heterocycles. The van der Waals surface area contributed by atoms with Gasteiger partial charge in [0.1, 0.15) is 21.8 Å². The Morgan fingerprint density at radius 1 is 1.11 bits per heavy atom. The van der Waals surface area contributed by atoms with Crippen LogP contribution in [0.4, 0.5) is 16.2 Å². The Bertz CT molecular complexity index is 1260. The van der Waals surface area contributed by atoms with Gasteiger partial charge in [0.25, 0.3) is 0 Å². The molecule has 0 aliphatic carbocycles. The van der Waals surface area contributed by atoms with Crippen LogP contribution in [0.15, 0.2) is 71.9 Å². The zero-order valence-corrected chi connectivity index (χ0v) is 19.8. The molecule has 4 heterocycles. The first-order chi connectivity index (χ1) is 17.2. The Morgan fingerprint density at radius 3 is 2.80 bits per heavy atom. The molecule has 3 aliphatic rings. The first kappa shape index (κ1) is 21.9. The molecule has 178 valence electrons. The Morgan fingerprint density at radius 2 is 1.97 bits per heavy atom. The number of benzene rings is 2. The highest BCUT2D eigenvalue weighted by molar-refractivity contribution is 8.01. The van der Waals surface area contributed by atoms with Crippen molar-refractivity contribution in [2.45, 2.75) is 35.2 Å². The molecule has 2 aromatic carbocycles. The summed E-state index contributed by atoms with van der Waals surface area (Å²) in [6.07, 6.45) is 3.69. The van der Waals surface area contributed by atoms with Gasteiger partial charge in [0.05, 0.1) is 17.4 Å². The number of rotatable bonds is 5. The van der Waals surface area contributed by atoms with Gasteiger partial charge in [-0.1, -0.05) is 36.0 Å². The normalized spacial score (nSPS) is 22.8. The molecular formula is C26H25N5O3S. The van der Waals surface area contributed by atoms with Crippen molar-refractivity contribution in [3.63, 3.8) is 0 Å². The number of thioether (sulfide) groups is 1. The van der Waals surface area contributed by atoms with Crippen molar-refractivity contribution in [2.24, 2.45) is 0 Å². The molecule has 0 radical (unpaired) electrons. The number of urea groups is 1. The van der Waals surface area contributed by atoms with Crippen molar-refractivity contribution in [3.05, 3.63) is 72.4 Å². The van der Waals surface area contributed by atoms with E-state index in [1.165, 1.54) is 11.8 Å². The minimum Gasteiger partial charge on any atom is -0.457 e. The Hall–Kier alpha value is -3.56. The summed E-state index contributed by atoms with van der Waals surface area (Å²) in [5.41, 5.74) is 2.30. The number of nitrogens with zero attached hydrogens (tertiary/aromatic N) is 2. The quantitative estimate of drug-likeness (QED) is 0.501. The number of amides is 3. The molecule has 9 heteroatoms. The van der Waals surface area contributed by atoms with Gasteiger partial charge in [0.15, 0.2) is 0 Å². The second-order valence-electron chi connectivity index (χ2n) is 8.81. The van der Waals surface area contributed by atoms with E-state index in [9.17, 15) is 9.59 Å². The lowest BCUT2D eigenvalue weighted by Crippen LogP contribution is -2.52. The Labute approximate surface area is 207 Å². The van der Waals surface area contributed by atoms with Crippen molar-refractivity contribution in [3.8, 4) is 11.5 Å². The van der Waals surface area contributed by atoms with Crippen LogP contribution in [0.5, 0.6) is 11.5 Å². The van der Waals surface area contributed by atoms with Crippen molar-refractivity contribution >= 4 is 35.1 Å². The number of carbonyl (C=O) groups excluding carboxylic acids is 2. The number of carbonyl (C=O) groups is 2. The summed E-state index contributed by atoms with van der Waals surface area (Å²) in [6, 6.07) is 18.2. The van der Waals surface area contributed by atoms with Crippen LogP contribution in [0.1, 0.15) is 24.4 Å². The fourth-order valence-corrected chi connectivity index (χ4v) is 6.09. The molecule has 35 heavy (non-hydrogen) atoms. The molecule has 1 aromatic heterocycles. The van der Waals surface area contributed by atoms with E-state index in [-0.39, 0.29) is 18.0 Å². The van der Waals surface area contributed by atoms with Crippen molar-refractivity contribution < 1.29 is 14.3 Å². The average Bonchev–Trinajstić information content (AvgIpc) is 3.25. The number of piperidine rings is 1. The van der Waals surface area contributed by atoms with Gasteiger partial charge in [-0.25, -0.2) is 9.78 Å². The van der Waals surface area contributed by atoms with Gasteiger partial charge in [0.2, 0.25) is 5.91 Å². The van der Waals surface area contributed by atoms with Crippen LogP contribution < -0.4 is 25.6 Å². The molecule has 3 amide bonds. The Balaban J connectivity index is 1.28. The van der Waals surface area contributed by atoms with Crippen LogP contribution >= 0.6 is 11.8 Å². The summed E-state index contributed by atoms with van der Waals surface area (Å²) in [5, 5.41) is 9.87. The number of ether oxygens (including phenoxy) is 1. The predicted molar refractivity (Wildman–Crippen MR) is 134 cm³/mol. The fraction of sp³-hybridized carbons (Fsp3) is 0.269. The first-order valence-corrected chi connectivity index (χ1v) is 12.7. The monoisotopic (exact) mass is 487 g/mol. The predicted octanol–water partition coefficient (Wildman–Crippen LogP) is 4.12. The summed E-state index contributed by atoms with van der Waals surface area (Å²) in [7, 11) is 0. The molecule has 1 saturated heterocycles. The summed E-state index contributed by atoms with van der Waals surface area (Å²) >= 11 is 1.41. The first-order valence-electron chi connectivity index (χ1n) is 11.8. The van der Waals surface area contributed by atoms with Crippen LogP contribution in [0, 0.1) is 0 Å². The highest BCUT2D eigenvalue weighted by Crippen LogP contribution is 2.50. The third-order valence-electron chi connectivity index (χ3n) is 6.46. The van der Waals surface area contributed by atoms with Crippen molar-refractivity contribution in [1.82, 2.24) is 20.9 Å². The second-order valence-corrected chi connectivity index (χ2v) is 9.94. The molecule has 3 N–H and O–H groups in total. The van der Waals surface area contributed by atoms with Crippen LogP contribution in [0.25, 0.3) is 0 Å². The molecule has 3 unspecified atom stereocenters. The minimum atomic E-state index is -0.459. The number of nitrogens with one attached hydrogen (secondary N) is 3. The second kappa shape index (κ2) is 9.24. The topological polar surface area (TPSA) is 95.6 Å². The SMILES string of the molecule is O=C(NC1CCCNC1)C1Sc2nccc3c2C1NC(=O)N3c1cccc(Oc2ccccc2)c1. The zero-order chi connectivity index (χ0) is 23.8. The maximum absolute atomic E-state index is 13.4. The molecule has 0 bridgehead atoms. The molecule has 0 saturated carbocycles. The Kier molecular flexibility index (Phi) is 5.79. The molecule has 1 fully saturated rings. The smallest absolute Gasteiger partial charge is 0.327 e. The maximum atomic E-state index is 13.4. The number of hydrogen-bond donors (Lipinski definition) is 3. The molecule has 8 nitrogen and oxygen atoms in total. The van der Waals surface area contributed by atoms with Crippen LogP contribution in [-0.2, 0) is 4.79 Å². The molecule has 0 spiro atoms. The standard InChI is InChI=1S/C26H25N5O3S/c32-24(29-16-6-5-12-27-15-16)23-22-21-20(11-13-28-25(21)35-23)31(26(33)30-22)17-7-4-10-19(14-17)34-18-8-2-1-3-9-18/h1-4,7-11,13-14,16,22-23,27H,5-6,12,15H2,(H,29,32)(H,30,33). The number of aromatic nitrogens is 1. The highest BCUT2D eigenvalue weighted by atomic mass is 32.2. The lowest BCUT2D eigenvalue weighted by atomic mass is 9.99. The van der Waals surface area contributed by atoms with E-state index in [0.717, 1.165) is 48.0 Å². The minimum absolute atomic E-state index is 0.0651. The van der Waals surface area contributed by atoms with Gasteiger partial charge in [0, 0.05) is 30.4 Å². The molecule has 3 atom stereocenters. The summed E-state index contributed by atoms with van der Waals surface area (Å²) in [4.78, 5) is 32.7. The van der Waals surface area contributed by atoms with Gasteiger partial charge < -0.3 is 20.7 Å². The maximum Gasteiger partial charge on any atom is 0.327 e. The number of anilines is 2. The van der Waals surface area contributed by atoms with Gasteiger partial charge in [-0.15, -0.1) is 0 Å². The van der Waals surface area contributed by atoms with Crippen LogP contribution in [0.2, 0.25) is 0 Å². The third kappa shape index (κ3) is 4.21. The molecule has 6 rings (SSSR count). The average molecular weight is 488 g/mol. The van der Waals surface area contributed by atoms with Gasteiger partial charge in [-0.2, -0.15) is 0 Å². The fourth-order valence-electron chi connectivity index (χ4n) is 4.85. The van der Waals surface area contributed by atoms with Gasteiger partial charge >= 0.3 is 6.03 Å². The molecular weight excluding hydrogens is 462 g/mol. The zero-order valence-electron chi connectivity index (χ0n) is 18.9. The van der Waals surface area contributed by atoms with E-state index >= 15 is 0 Å². The van der Waals surface area contributed by atoms with Crippen molar-refractivity contribution in [2.75, 3.05) is 18.0 Å². The summed E-state index contributed by atoms with van der Waals surface area (Å²) in [5.74, 6) is 1.28. The van der Waals surface area contributed by atoms with Crippen molar-refractivity contribution in [1.29, 1.82) is 0 Å². The lowest BCUT2D eigenvalue weighted by Gasteiger charge is -2.34. The summed E-state index contributed by atoms with van der Waals surface area (Å²) in [6.45, 7) is 1.75. The van der Waals surface area contributed by atoms with Crippen LogP contribution in [-0.4, -0.2) is 41.3 Å². The van der Waals surface area contributed by atoms with E-state index in [2.05, 4.69) is 20.9 Å². The van der Waals surface area contributed by atoms with E-state index < -0.39 is 11.3 Å². The van der Waals surface area contributed by atoms with Gasteiger partial charge in [-0.05, 0) is 49.7 Å². The van der Waals surface area contributed by atoms with Gasteiger partial charge in [-0.3, -0.25) is 9.69 Å². The molecule has 3 aromatic rings. The summed E-state index contributed by atoms with van der Waals surface area (Å²) < 4.78 is 5.98.